The molecule has 0 aromatic heterocycles. The van der Waals surface area contributed by atoms with Gasteiger partial charge in [0.1, 0.15) is 0 Å². The zero-order valence-corrected chi connectivity index (χ0v) is 18.0. The van der Waals surface area contributed by atoms with Crippen LogP contribution in [-0.4, -0.2) is 36.7 Å². The molecule has 22 heavy (non-hydrogen) atoms. The minimum absolute atomic E-state index is 0.840. The Kier molecular flexibility index (Phi) is 12.9. The summed E-state index contributed by atoms with van der Waals surface area (Å²) in [6, 6.07) is 5.78. The van der Waals surface area contributed by atoms with Crippen LogP contribution in [0.25, 0.3) is 0 Å². The minimum atomic E-state index is -2.04. The maximum Gasteiger partial charge on any atom is 0.337 e. The highest BCUT2D eigenvalue weighted by Gasteiger charge is 2.40. The zero-order valence-electron chi connectivity index (χ0n) is 16.0. The van der Waals surface area contributed by atoms with Crippen LogP contribution in [0.4, 0.5) is 0 Å². The Labute approximate surface area is 141 Å². The molecule has 0 rings (SSSR count). The van der Waals surface area contributed by atoms with Crippen LogP contribution in [0.3, 0.4) is 0 Å². The quantitative estimate of drug-likeness (QED) is 0.355. The molecule has 0 aromatic carbocycles. The SMILES string of the molecule is CCCO[Si](CC)(CC)CC[Si](CC)(OCCC)OCCC. The first-order valence-electron chi connectivity index (χ1n) is 9.49. The first-order chi connectivity index (χ1) is 10.6. The third-order valence-electron chi connectivity index (χ3n) is 4.54. The Morgan fingerprint density at radius 2 is 1.00 bits per heavy atom. The van der Waals surface area contributed by atoms with Crippen LogP contribution in [0.2, 0.25) is 30.2 Å². The van der Waals surface area contributed by atoms with Gasteiger partial charge in [-0.3, -0.25) is 0 Å². The highest BCUT2D eigenvalue weighted by atomic mass is 28.4. The molecule has 0 radical (unpaired) electrons. The van der Waals surface area contributed by atoms with Crippen molar-refractivity contribution in [2.24, 2.45) is 0 Å². The van der Waals surface area contributed by atoms with Gasteiger partial charge >= 0.3 is 8.56 Å². The maximum atomic E-state index is 6.38. The zero-order chi connectivity index (χ0) is 16.9. The van der Waals surface area contributed by atoms with Crippen LogP contribution in [0, 0.1) is 0 Å². The molecule has 0 aliphatic carbocycles. The van der Waals surface area contributed by atoms with Crippen LogP contribution in [0.1, 0.15) is 60.8 Å². The largest absolute Gasteiger partial charge is 0.417 e. The molecule has 0 saturated heterocycles. The number of rotatable bonds is 15. The lowest BCUT2D eigenvalue weighted by atomic mass is 10.5. The van der Waals surface area contributed by atoms with Crippen LogP contribution >= 0.6 is 0 Å². The molecule has 0 aliphatic heterocycles. The molecular formula is C17H40O3Si2. The highest BCUT2D eigenvalue weighted by molar-refractivity contribution is 6.76. The fourth-order valence-electron chi connectivity index (χ4n) is 2.76. The molecule has 0 N–H and O–H groups in total. The first kappa shape index (κ1) is 22.3. The molecular weight excluding hydrogens is 308 g/mol. The summed E-state index contributed by atoms with van der Waals surface area (Å²) in [7, 11) is -3.63. The number of hydrogen-bond acceptors (Lipinski definition) is 3. The maximum absolute atomic E-state index is 6.38. The first-order valence-corrected chi connectivity index (χ1v) is 14.2. The molecule has 0 saturated carbocycles. The molecule has 0 aromatic rings. The van der Waals surface area contributed by atoms with Gasteiger partial charge in [0.25, 0.3) is 0 Å². The molecule has 134 valence electrons. The van der Waals surface area contributed by atoms with E-state index in [1.54, 1.807) is 0 Å². The fraction of sp³-hybridized carbons (Fsp3) is 1.00. The normalized spacial score (nSPS) is 12.8. The summed E-state index contributed by atoms with van der Waals surface area (Å²) < 4.78 is 19.0. The predicted molar refractivity (Wildman–Crippen MR) is 101 cm³/mol. The summed E-state index contributed by atoms with van der Waals surface area (Å²) in [6.45, 7) is 16.0. The third kappa shape index (κ3) is 7.73. The Morgan fingerprint density at radius 3 is 1.36 bits per heavy atom. The minimum Gasteiger partial charge on any atom is -0.417 e. The Morgan fingerprint density at radius 1 is 0.545 bits per heavy atom. The topological polar surface area (TPSA) is 27.7 Å². The van der Waals surface area contributed by atoms with Crippen molar-refractivity contribution >= 4 is 16.9 Å². The van der Waals surface area contributed by atoms with Crippen LogP contribution in [0.15, 0.2) is 0 Å². The van der Waals surface area contributed by atoms with E-state index in [0.29, 0.717) is 0 Å². The van der Waals surface area contributed by atoms with Gasteiger partial charge in [-0.25, -0.2) is 0 Å². The van der Waals surface area contributed by atoms with Gasteiger partial charge < -0.3 is 13.3 Å². The molecule has 0 atom stereocenters. The molecule has 0 unspecified atom stereocenters. The van der Waals surface area contributed by atoms with Crippen LogP contribution in [-0.2, 0) is 13.3 Å². The van der Waals surface area contributed by atoms with Crippen LogP contribution in [0.5, 0.6) is 0 Å². The van der Waals surface area contributed by atoms with Gasteiger partial charge in [0.15, 0.2) is 8.32 Å². The molecule has 0 fully saturated rings. The van der Waals surface area contributed by atoms with Gasteiger partial charge in [0.05, 0.1) is 0 Å². The van der Waals surface area contributed by atoms with E-state index in [2.05, 4.69) is 41.5 Å². The van der Waals surface area contributed by atoms with Gasteiger partial charge in [-0.05, 0) is 49.5 Å². The summed E-state index contributed by atoms with van der Waals surface area (Å²) in [5.41, 5.74) is 0. The van der Waals surface area contributed by atoms with Gasteiger partial charge in [0, 0.05) is 19.8 Å². The highest BCUT2D eigenvalue weighted by Crippen LogP contribution is 2.31. The summed E-state index contributed by atoms with van der Waals surface area (Å²) in [5, 5.41) is 0. The van der Waals surface area contributed by atoms with E-state index in [4.69, 9.17) is 13.3 Å². The Hall–Kier alpha value is 0.314. The standard InChI is InChI=1S/C17H40O3Si2/c1-7-13-18-21(10-4,11-5)16-17-22(12-6,19-14-8-2)20-15-9-3/h7-17H2,1-6H3. The van der Waals surface area contributed by atoms with Crippen molar-refractivity contribution in [3.63, 3.8) is 0 Å². The average molecular weight is 349 g/mol. The lowest BCUT2D eigenvalue weighted by Gasteiger charge is -2.35. The second kappa shape index (κ2) is 12.7. The van der Waals surface area contributed by atoms with E-state index >= 15 is 0 Å². The lowest BCUT2D eigenvalue weighted by Crippen LogP contribution is -2.46. The van der Waals surface area contributed by atoms with Gasteiger partial charge in [0.2, 0.25) is 0 Å². The van der Waals surface area contributed by atoms with Crippen molar-refractivity contribution in [2.75, 3.05) is 19.8 Å². The summed E-state index contributed by atoms with van der Waals surface area (Å²) >= 11 is 0. The number of hydrogen-bond donors (Lipinski definition) is 0. The second-order valence-electron chi connectivity index (χ2n) is 6.20. The molecule has 0 heterocycles. The molecule has 0 spiro atoms. The monoisotopic (exact) mass is 348 g/mol. The fourth-order valence-corrected chi connectivity index (χ4v) is 10.8. The Bertz CT molecular complexity index is 250. The molecule has 0 aliphatic rings. The van der Waals surface area contributed by atoms with E-state index < -0.39 is 16.9 Å². The van der Waals surface area contributed by atoms with E-state index in [9.17, 15) is 0 Å². The Balaban J connectivity index is 4.85. The smallest absolute Gasteiger partial charge is 0.337 e. The summed E-state index contributed by atoms with van der Waals surface area (Å²) in [5.74, 6) is 0. The molecule has 0 bridgehead atoms. The predicted octanol–water partition coefficient (Wildman–Crippen LogP) is 5.71. The van der Waals surface area contributed by atoms with Crippen molar-refractivity contribution in [2.45, 2.75) is 91.0 Å². The van der Waals surface area contributed by atoms with Crippen molar-refractivity contribution in [3.05, 3.63) is 0 Å². The van der Waals surface area contributed by atoms with Gasteiger partial charge in [-0.1, -0.05) is 41.5 Å². The second-order valence-corrected chi connectivity index (χ2v) is 14.4. The van der Waals surface area contributed by atoms with Crippen LogP contribution < -0.4 is 0 Å². The summed E-state index contributed by atoms with van der Waals surface area (Å²) in [4.78, 5) is 0. The lowest BCUT2D eigenvalue weighted by molar-refractivity contribution is 0.168. The van der Waals surface area contributed by atoms with Crippen molar-refractivity contribution in [1.82, 2.24) is 0 Å². The summed E-state index contributed by atoms with van der Waals surface area (Å²) in [6.07, 6.45) is 3.26. The van der Waals surface area contributed by atoms with E-state index in [1.165, 1.54) is 18.1 Å². The van der Waals surface area contributed by atoms with E-state index in [-0.39, 0.29) is 0 Å². The van der Waals surface area contributed by atoms with Crippen molar-refractivity contribution < 1.29 is 13.3 Å². The third-order valence-corrected chi connectivity index (χ3v) is 13.1. The molecule has 0 amide bonds. The van der Waals surface area contributed by atoms with Crippen molar-refractivity contribution in [1.29, 1.82) is 0 Å². The average Bonchev–Trinajstić information content (AvgIpc) is 2.57. The van der Waals surface area contributed by atoms with E-state index in [0.717, 1.165) is 51.2 Å². The van der Waals surface area contributed by atoms with Crippen molar-refractivity contribution in [3.8, 4) is 0 Å². The molecule has 5 heteroatoms. The van der Waals surface area contributed by atoms with Gasteiger partial charge in [-0.15, -0.1) is 0 Å². The molecule has 3 nitrogen and oxygen atoms in total. The van der Waals surface area contributed by atoms with Gasteiger partial charge in [-0.2, -0.15) is 0 Å². The van der Waals surface area contributed by atoms with E-state index in [1.807, 2.05) is 0 Å².